The van der Waals surface area contributed by atoms with Gasteiger partial charge in [0.15, 0.2) is 0 Å². The van der Waals surface area contributed by atoms with Gasteiger partial charge in [0.05, 0.1) is 6.10 Å². The zero-order chi connectivity index (χ0) is 8.69. The summed E-state index contributed by atoms with van der Waals surface area (Å²) in [7, 11) is 0. The van der Waals surface area contributed by atoms with Crippen molar-refractivity contribution < 1.29 is 9.90 Å². The van der Waals surface area contributed by atoms with Gasteiger partial charge >= 0.3 is 0 Å². The molecular formula is C7H15NO2S. The van der Waals surface area contributed by atoms with Crippen molar-refractivity contribution in [1.82, 2.24) is 5.32 Å². The van der Waals surface area contributed by atoms with Crippen LogP contribution in [0.2, 0.25) is 0 Å². The van der Waals surface area contributed by atoms with Gasteiger partial charge in [0.2, 0.25) is 5.91 Å². The predicted octanol–water partition coefficient (Wildman–Crippen LogP) is 0.236. The van der Waals surface area contributed by atoms with Crippen LogP contribution in [0.3, 0.4) is 0 Å². The van der Waals surface area contributed by atoms with Crippen LogP contribution in [0.15, 0.2) is 0 Å². The Kier molecular flexibility index (Phi) is 6.36. The molecule has 0 saturated heterocycles. The fraction of sp³-hybridized carbons (Fsp3) is 0.857. The number of rotatable bonds is 5. The van der Waals surface area contributed by atoms with E-state index in [0.717, 1.165) is 5.75 Å². The van der Waals surface area contributed by atoms with Gasteiger partial charge in [-0.3, -0.25) is 4.79 Å². The topological polar surface area (TPSA) is 49.3 Å². The molecule has 0 saturated carbocycles. The lowest BCUT2D eigenvalue weighted by atomic mass is 10.4. The molecule has 0 fully saturated rings. The second-order valence-corrected chi connectivity index (χ2v) is 3.38. The predicted molar refractivity (Wildman–Crippen MR) is 47.7 cm³/mol. The third-order valence-corrected chi connectivity index (χ3v) is 1.74. The highest BCUT2D eigenvalue weighted by molar-refractivity contribution is 7.98. The molecule has 0 radical (unpaired) electrons. The van der Waals surface area contributed by atoms with E-state index in [0.29, 0.717) is 13.0 Å². The van der Waals surface area contributed by atoms with E-state index < -0.39 is 6.10 Å². The van der Waals surface area contributed by atoms with Crippen molar-refractivity contribution in [3.63, 3.8) is 0 Å². The van der Waals surface area contributed by atoms with Crippen LogP contribution >= 0.6 is 11.8 Å². The van der Waals surface area contributed by atoms with Crippen molar-refractivity contribution in [2.24, 2.45) is 0 Å². The molecule has 0 aliphatic rings. The molecule has 0 spiro atoms. The Bertz CT molecular complexity index is 117. The van der Waals surface area contributed by atoms with Crippen LogP contribution in [0.5, 0.6) is 0 Å². The zero-order valence-corrected chi connectivity index (χ0v) is 7.78. The van der Waals surface area contributed by atoms with E-state index >= 15 is 0 Å². The van der Waals surface area contributed by atoms with Gasteiger partial charge in [-0.25, -0.2) is 0 Å². The SMILES string of the molecule is CSCCC(=O)NCC(C)O. The molecule has 1 amide bonds. The molecule has 0 aliphatic carbocycles. The Hall–Kier alpha value is -0.220. The number of carbonyl (C=O) groups is 1. The summed E-state index contributed by atoms with van der Waals surface area (Å²) in [6, 6.07) is 0. The van der Waals surface area contributed by atoms with Crippen molar-refractivity contribution in [3.8, 4) is 0 Å². The monoisotopic (exact) mass is 177 g/mol. The second-order valence-electron chi connectivity index (χ2n) is 2.40. The van der Waals surface area contributed by atoms with Crippen LogP contribution < -0.4 is 5.32 Å². The van der Waals surface area contributed by atoms with Crippen molar-refractivity contribution in [2.45, 2.75) is 19.4 Å². The molecule has 3 nitrogen and oxygen atoms in total. The molecule has 0 aromatic rings. The summed E-state index contributed by atoms with van der Waals surface area (Å²) in [6.45, 7) is 2.00. The molecule has 0 aromatic carbocycles. The summed E-state index contributed by atoms with van der Waals surface area (Å²) in [5.74, 6) is 0.853. The van der Waals surface area contributed by atoms with Crippen LogP contribution in [0.25, 0.3) is 0 Å². The largest absolute Gasteiger partial charge is 0.392 e. The van der Waals surface area contributed by atoms with E-state index in [1.54, 1.807) is 18.7 Å². The summed E-state index contributed by atoms with van der Waals surface area (Å²) in [5, 5.41) is 11.4. The summed E-state index contributed by atoms with van der Waals surface area (Å²) in [4.78, 5) is 10.9. The number of carbonyl (C=O) groups excluding carboxylic acids is 1. The van der Waals surface area contributed by atoms with E-state index in [1.165, 1.54) is 0 Å². The van der Waals surface area contributed by atoms with Crippen LogP contribution in [0, 0.1) is 0 Å². The Morgan fingerprint density at radius 3 is 2.82 bits per heavy atom. The molecule has 0 aliphatic heterocycles. The molecule has 4 heteroatoms. The lowest BCUT2D eigenvalue weighted by molar-refractivity contribution is -0.121. The zero-order valence-electron chi connectivity index (χ0n) is 6.96. The third kappa shape index (κ3) is 7.68. The molecule has 0 rings (SSSR count). The molecule has 1 unspecified atom stereocenters. The minimum Gasteiger partial charge on any atom is -0.392 e. The van der Waals surface area contributed by atoms with Crippen molar-refractivity contribution in [3.05, 3.63) is 0 Å². The van der Waals surface area contributed by atoms with Gasteiger partial charge in [0.1, 0.15) is 0 Å². The lowest BCUT2D eigenvalue weighted by Gasteiger charge is -2.05. The second kappa shape index (κ2) is 6.49. The molecule has 0 heterocycles. The standard InChI is InChI=1S/C7H15NO2S/c1-6(9)5-8-7(10)3-4-11-2/h6,9H,3-5H2,1-2H3,(H,8,10). The Morgan fingerprint density at radius 1 is 1.73 bits per heavy atom. The minimum atomic E-state index is -0.451. The van der Waals surface area contributed by atoms with E-state index in [9.17, 15) is 4.79 Å². The van der Waals surface area contributed by atoms with Gasteiger partial charge in [-0.1, -0.05) is 0 Å². The number of nitrogens with one attached hydrogen (secondary N) is 1. The molecular weight excluding hydrogens is 162 g/mol. The van der Waals surface area contributed by atoms with E-state index in [1.807, 2.05) is 6.26 Å². The van der Waals surface area contributed by atoms with Crippen LogP contribution in [-0.2, 0) is 4.79 Å². The van der Waals surface area contributed by atoms with Crippen LogP contribution in [0.1, 0.15) is 13.3 Å². The highest BCUT2D eigenvalue weighted by Gasteiger charge is 2.00. The highest BCUT2D eigenvalue weighted by Crippen LogP contribution is 1.94. The maximum atomic E-state index is 10.9. The average Bonchev–Trinajstić information content (AvgIpc) is 1.97. The van der Waals surface area contributed by atoms with Crippen molar-refractivity contribution in [1.29, 1.82) is 0 Å². The maximum absolute atomic E-state index is 10.9. The quantitative estimate of drug-likeness (QED) is 0.632. The number of thioether (sulfide) groups is 1. The number of aliphatic hydroxyl groups excluding tert-OH is 1. The Morgan fingerprint density at radius 2 is 2.36 bits per heavy atom. The molecule has 0 aromatic heterocycles. The van der Waals surface area contributed by atoms with Gasteiger partial charge in [-0.15, -0.1) is 0 Å². The maximum Gasteiger partial charge on any atom is 0.220 e. The summed E-state index contributed by atoms with van der Waals surface area (Å²) in [5.41, 5.74) is 0. The smallest absolute Gasteiger partial charge is 0.220 e. The van der Waals surface area contributed by atoms with Crippen LogP contribution in [0.4, 0.5) is 0 Å². The van der Waals surface area contributed by atoms with Gasteiger partial charge in [0, 0.05) is 18.7 Å². The molecule has 66 valence electrons. The molecule has 0 bridgehead atoms. The van der Waals surface area contributed by atoms with Gasteiger partial charge in [-0.05, 0) is 13.2 Å². The van der Waals surface area contributed by atoms with Crippen molar-refractivity contribution >= 4 is 17.7 Å². The van der Waals surface area contributed by atoms with Gasteiger partial charge in [0.25, 0.3) is 0 Å². The Labute approximate surface area is 71.6 Å². The highest BCUT2D eigenvalue weighted by atomic mass is 32.2. The average molecular weight is 177 g/mol. The van der Waals surface area contributed by atoms with Gasteiger partial charge < -0.3 is 10.4 Å². The van der Waals surface area contributed by atoms with E-state index in [2.05, 4.69) is 5.32 Å². The minimum absolute atomic E-state index is 0.0141. The fourth-order valence-electron chi connectivity index (χ4n) is 0.545. The van der Waals surface area contributed by atoms with Crippen molar-refractivity contribution in [2.75, 3.05) is 18.6 Å². The first-order valence-electron chi connectivity index (χ1n) is 3.60. The summed E-state index contributed by atoms with van der Waals surface area (Å²) in [6.07, 6.45) is 2.05. The summed E-state index contributed by atoms with van der Waals surface area (Å²) < 4.78 is 0. The number of amides is 1. The fourth-order valence-corrected chi connectivity index (χ4v) is 0.934. The molecule has 11 heavy (non-hydrogen) atoms. The van der Waals surface area contributed by atoms with Crippen LogP contribution in [-0.4, -0.2) is 35.7 Å². The first-order valence-corrected chi connectivity index (χ1v) is 5.00. The summed E-state index contributed by atoms with van der Waals surface area (Å²) >= 11 is 1.64. The van der Waals surface area contributed by atoms with E-state index in [4.69, 9.17) is 5.11 Å². The number of hydrogen-bond donors (Lipinski definition) is 2. The molecule has 1 atom stereocenters. The third-order valence-electron chi connectivity index (χ3n) is 1.13. The number of aliphatic hydroxyl groups is 1. The van der Waals surface area contributed by atoms with E-state index in [-0.39, 0.29) is 5.91 Å². The first-order chi connectivity index (χ1) is 5.16. The Balaban J connectivity index is 3.23. The molecule has 2 N–H and O–H groups in total. The normalized spacial score (nSPS) is 12.6. The first kappa shape index (κ1) is 10.8. The number of hydrogen-bond acceptors (Lipinski definition) is 3. The van der Waals surface area contributed by atoms with Gasteiger partial charge in [-0.2, -0.15) is 11.8 Å². The lowest BCUT2D eigenvalue weighted by Crippen LogP contribution is -2.30.